The van der Waals surface area contributed by atoms with E-state index in [1.165, 1.54) is 5.56 Å². The summed E-state index contributed by atoms with van der Waals surface area (Å²) < 4.78 is 1.81. The first-order valence-corrected chi connectivity index (χ1v) is 7.42. The second-order valence-corrected chi connectivity index (χ2v) is 7.54. The zero-order valence-electron chi connectivity index (χ0n) is 12.4. The third kappa shape index (κ3) is 2.63. The lowest BCUT2D eigenvalue weighted by atomic mass is 9.46. The van der Waals surface area contributed by atoms with Gasteiger partial charge in [0.2, 0.25) is 0 Å². The molecular weight excluding hydrogens is 267 g/mol. The number of piperidine rings is 1. The van der Waals surface area contributed by atoms with Crippen LogP contribution in [0, 0.1) is 0 Å². The molecule has 9 heteroatoms. The zero-order valence-corrected chi connectivity index (χ0v) is 13.2. The third-order valence-electron chi connectivity index (χ3n) is 4.02. The third-order valence-corrected chi connectivity index (χ3v) is 4.35. The number of nitrogens with zero attached hydrogens (tertiary/aromatic N) is 3. The Morgan fingerprint density at radius 3 is 2.55 bits per heavy atom. The van der Waals surface area contributed by atoms with Crippen molar-refractivity contribution in [3.05, 3.63) is 29.2 Å². The Kier molecular flexibility index (Phi) is 3.22. The quantitative estimate of drug-likeness (QED) is 0.598. The highest BCUT2D eigenvalue weighted by Crippen LogP contribution is 2.38. The standard InChI is InChI=1S/C11H17B4ClN4/c12-10(13)2-6(3-11(14,15)19-10)7-4-20-9(1-8(7)16)17-5-18-20/h1,4-6,19H,2-3,12-15H2. The van der Waals surface area contributed by atoms with Crippen LogP contribution < -0.4 is 5.32 Å². The highest BCUT2D eigenvalue weighted by atomic mass is 35.5. The van der Waals surface area contributed by atoms with Crippen molar-refractivity contribution < 1.29 is 0 Å². The molecule has 2 aromatic heterocycles. The Balaban J connectivity index is 2.03. The first-order valence-electron chi connectivity index (χ1n) is 7.04. The lowest BCUT2D eigenvalue weighted by Crippen LogP contribution is -2.64. The maximum Gasteiger partial charge on any atom is 0.156 e. The molecule has 1 aliphatic heterocycles. The lowest BCUT2D eigenvalue weighted by molar-refractivity contribution is 0.346. The van der Waals surface area contributed by atoms with Gasteiger partial charge in [-0.3, -0.25) is 0 Å². The van der Waals surface area contributed by atoms with Gasteiger partial charge in [-0.15, -0.1) is 0 Å². The van der Waals surface area contributed by atoms with E-state index < -0.39 is 0 Å². The number of rotatable bonds is 1. The van der Waals surface area contributed by atoms with Crippen molar-refractivity contribution in [3.8, 4) is 0 Å². The minimum atomic E-state index is 0.104. The minimum Gasteiger partial charge on any atom is -0.336 e. The average Bonchev–Trinajstić information content (AvgIpc) is 2.70. The molecule has 0 atom stereocenters. The van der Waals surface area contributed by atoms with Gasteiger partial charge in [0.05, 0.1) is 0 Å². The summed E-state index contributed by atoms with van der Waals surface area (Å²) in [5, 5.41) is 8.93. The van der Waals surface area contributed by atoms with Crippen LogP contribution in [0.1, 0.15) is 24.3 Å². The predicted octanol–water partition coefficient (Wildman–Crippen LogP) is -2.31. The average molecular weight is 284 g/mol. The molecule has 20 heavy (non-hydrogen) atoms. The van der Waals surface area contributed by atoms with Gasteiger partial charge in [-0.25, -0.2) is 9.50 Å². The summed E-state index contributed by atoms with van der Waals surface area (Å²) in [6.45, 7) is 0. The topological polar surface area (TPSA) is 42.2 Å². The second kappa shape index (κ2) is 4.57. The Morgan fingerprint density at radius 1 is 1.25 bits per heavy atom. The largest absolute Gasteiger partial charge is 0.336 e. The fourth-order valence-corrected chi connectivity index (χ4v) is 4.00. The van der Waals surface area contributed by atoms with Crippen LogP contribution in [0.3, 0.4) is 0 Å². The molecular formula is C11H17B4ClN4. The number of halogens is 1. The van der Waals surface area contributed by atoms with Crippen LogP contribution in [0.5, 0.6) is 0 Å². The number of aromatic nitrogens is 3. The number of hydrogen-bond donors (Lipinski definition) is 1. The number of nitrogens with one attached hydrogen (secondary N) is 1. The zero-order chi connectivity index (χ0) is 14.5. The molecule has 0 spiro atoms. The molecule has 0 aromatic carbocycles. The van der Waals surface area contributed by atoms with Crippen LogP contribution in [0.2, 0.25) is 5.02 Å². The van der Waals surface area contributed by atoms with Gasteiger partial charge >= 0.3 is 0 Å². The van der Waals surface area contributed by atoms with Gasteiger partial charge in [-0.2, -0.15) is 5.10 Å². The highest BCUT2D eigenvalue weighted by Gasteiger charge is 2.38. The highest BCUT2D eigenvalue weighted by molar-refractivity contribution is 6.44. The first kappa shape index (κ1) is 14.1. The monoisotopic (exact) mass is 284 g/mol. The van der Waals surface area contributed by atoms with Crippen molar-refractivity contribution >= 4 is 48.6 Å². The molecule has 1 fully saturated rings. The van der Waals surface area contributed by atoms with Gasteiger partial charge in [0.25, 0.3) is 0 Å². The van der Waals surface area contributed by atoms with E-state index >= 15 is 0 Å². The van der Waals surface area contributed by atoms with E-state index in [1.807, 2.05) is 16.8 Å². The van der Waals surface area contributed by atoms with E-state index in [4.69, 9.17) is 11.6 Å². The Labute approximate surface area is 127 Å². The van der Waals surface area contributed by atoms with Crippen LogP contribution in [0.15, 0.2) is 18.6 Å². The van der Waals surface area contributed by atoms with Gasteiger partial charge in [0.15, 0.2) is 5.65 Å². The predicted molar refractivity (Wildman–Crippen MR) is 92.7 cm³/mol. The van der Waals surface area contributed by atoms with Gasteiger partial charge in [0, 0.05) is 17.3 Å². The van der Waals surface area contributed by atoms with Crippen LogP contribution in [-0.2, 0) is 0 Å². The van der Waals surface area contributed by atoms with Gasteiger partial charge in [0.1, 0.15) is 37.7 Å². The number of pyridine rings is 1. The van der Waals surface area contributed by atoms with Crippen molar-refractivity contribution in [2.75, 3.05) is 0 Å². The molecule has 1 N–H and O–H groups in total. The minimum absolute atomic E-state index is 0.104. The molecule has 0 unspecified atom stereocenters. The molecule has 0 amide bonds. The fraction of sp³-hybridized carbons (Fsp3) is 0.455. The summed E-state index contributed by atoms with van der Waals surface area (Å²) in [4.78, 5) is 4.18. The fourth-order valence-electron chi connectivity index (χ4n) is 3.69. The normalized spacial score (nSPS) is 22.1. The van der Waals surface area contributed by atoms with Crippen LogP contribution in [-0.4, -0.2) is 56.7 Å². The summed E-state index contributed by atoms with van der Waals surface area (Å²) >= 11 is 6.48. The van der Waals surface area contributed by atoms with E-state index in [-0.39, 0.29) is 10.7 Å². The van der Waals surface area contributed by atoms with Gasteiger partial charge in [-0.05, 0) is 35.0 Å². The number of hydrogen-bond acceptors (Lipinski definition) is 3. The molecule has 100 valence electrons. The molecule has 1 aliphatic rings. The molecule has 4 nitrogen and oxygen atoms in total. The first-order chi connectivity index (χ1) is 9.26. The SMILES string of the molecule is BC1(B)CC(c2cn3ncnc3cc2Cl)CC(B)(B)N1. The van der Waals surface area contributed by atoms with Crippen molar-refractivity contribution in [1.82, 2.24) is 19.9 Å². The lowest BCUT2D eigenvalue weighted by Gasteiger charge is -2.47. The number of fused-ring (bicyclic) bond motifs is 1. The molecule has 0 saturated carbocycles. The molecule has 3 rings (SSSR count). The summed E-state index contributed by atoms with van der Waals surface area (Å²) in [6.07, 6.45) is 5.73. The van der Waals surface area contributed by atoms with Crippen molar-refractivity contribution in [2.24, 2.45) is 0 Å². The Hall–Kier alpha value is -0.870. The molecule has 0 aliphatic carbocycles. The Bertz CT molecular complexity index is 641. The van der Waals surface area contributed by atoms with Gasteiger partial charge < -0.3 is 5.32 Å². The van der Waals surface area contributed by atoms with Gasteiger partial charge in [-0.1, -0.05) is 11.6 Å². The summed E-state index contributed by atoms with van der Waals surface area (Å²) in [5.74, 6) is 0.433. The van der Waals surface area contributed by atoms with E-state index in [2.05, 4.69) is 46.8 Å². The second-order valence-electron chi connectivity index (χ2n) is 7.14. The molecule has 1 saturated heterocycles. The van der Waals surface area contributed by atoms with E-state index in [0.717, 1.165) is 23.5 Å². The summed E-state index contributed by atoms with van der Waals surface area (Å²) in [5.41, 5.74) is 1.97. The summed E-state index contributed by atoms with van der Waals surface area (Å²) in [6, 6.07) is 1.91. The van der Waals surface area contributed by atoms with Crippen LogP contribution >= 0.6 is 11.6 Å². The molecule has 0 bridgehead atoms. The van der Waals surface area contributed by atoms with E-state index in [0.29, 0.717) is 5.92 Å². The molecule has 2 aromatic rings. The summed E-state index contributed by atoms with van der Waals surface area (Å²) in [7, 11) is 9.01. The Morgan fingerprint density at radius 2 is 1.90 bits per heavy atom. The van der Waals surface area contributed by atoms with Crippen molar-refractivity contribution in [1.29, 1.82) is 0 Å². The van der Waals surface area contributed by atoms with Crippen molar-refractivity contribution in [3.63, 3.8) is 0 Å². The van der Waals surface area contributed by atoms with Crippen LogP contribution in [0.25, 0.3) is 5.65 Å². The smallest absolute Gasteiger partial charge is 0.156 e. The van der Waals surface area contributed by atoms with E-state index in [1.54, 1.807) is 6.33 Å². The van der Waals surface area contributed by atoms with Crippen molar-refractivity contribution in [2.45, 2.75) is 29.4 Å². The maximum atomic E-state index is 6.48. The van der Waals surface area contributed by atoms with E-state index in [9.17, 15) is 0 Å². The molecule has 0 radical (unpaired) electrons. The maximum absolute atomic E-state index is 6.48. The van der Waals surface area contributed by atoms with Crippen LogP contribution in [0.4, 0.5) is 0 Å². The molecule has 3 heterocycles.